The average Bonchev–Trinajstić information content (AvgIpc) is 2.85. The maximum absolute atomic E-state index is 10.5. The topological polar surface area (TPSA) is 47.3 Å². The van der Waals surface area contributed by atoms with Crippen molar-refractivity contribution in [2.75, 3.05) is 7.11 Å². The van der Waals surface area contributed by atoms with E-state index in [4.69, 9.17) is 16.3 Å². The lowest BCUT2D eigenvalue weighted by atomic mass is 10.1. The normalized spacial score (nSPS) is 12.7. The molecule has 2 rings (SSSR count). The van der Waals surface area contributed by atoms with Crippen molar-refractivity contribution in [1.82, 2.24) is 9.78 Å². The minimum Gasteiger partial charge on any atom is -0.493 e. The molecule has 4 nitrogen and oxygen atoms in total. The molecule has 0 aliphatic carbocycles. The van der Waals surface area contributed by atoms with Gasteiger partial charge in [-0.3, -0.25) is 4.68 Å². The molecular weight excluding hydrogens is 276 g/mol. The van der Waals surface area contributed by atoms with Crippen LogP contribution in [-0.2, 0) is 6.42 Å². The van der Waals surface area contributed by atoms with E-state index in [2.05, 4.69) is 5.10 Å². The number of nitrogens with zero attached hydrogens (tertiary/aromatic N) is 2. The molecule has 0 spiro atoms. The first-order valence-electron chi connectivity index (χ1n) is 6.56. The molecule has 1 atom stereocenters. The van der Waals surface area contributed by atoms with Crippen molar-refractivity contribution >= 4 is 11.6 Å². The van der Waals surface area contributed by atoms with Gasteiger partial charge in [-0.25, -0.2) is 0 Å². The van der Waals surface area contributed by atoms with Crippen molar-refractivity contribution < 1.29 is 9.84 Å². The fourth-order valence-electron chi connectivity index (χ4n) is 2.18. The number of aliphatic hydroxyl groups is 1. The number of aromatic nitrogens is 2. The summed E-state index contributed by atoms with van der Waals surface area (Å²) in [6.45, 7) is 4.04. The summed E-state index contributed by atoms with van der Waals surface area (Å²) >= 11 is 5.87. The van der Waals surface area contributed by atoms with Gasteiger partial charge in [0.1, 0.15) is 11.8 Å². The molecule has 1 N–H and O–H groups in total. The van der Waals surface area contributed by atoms with Gasteiger partial charge in [-0.05, 0) is 31.5 Å². The summed E-state index contributed by atoms with van der Waals surface area (Å²) in [6, 6.07) is 7.62. The first kappa shape index (κ1) is 14.9. The van der Waals surface area contributed by atoms with Gasteiger partial charge in [0.25, 0.3) is 0 Å². The zero-order valence-electron chi connectivity index (χ0n) is 11.9. The molecule has 1 aromatic carbocycles. The Morgan fingerprint density at radius 1 is 1.30 bits per heavy atom. The molecule has 1 unspecified atom stereocenters. The third kappa shape index (κ3) is 3.14. The molecule has 1 heterocycles. The lowest BCUT2D eigenvalue weighted by Crippen LogP contribution is -2.13. The van der Waals surface area contributed by atoms with Crippen LogP contribution < -0.4 is 4.74 Å². The van der Waals surface area contributed by atoms with Crippen LogP contribution >= 0.6 is 11.6 Å². The van der Waals surface area contributed by atoms with Crippen LogP contribution in [0.5, 0.6) is 5.75 Å². The first-order valence-corrected chi connectivity index (χ1v) is 6.94. The predicted molar refractivity (Wildman–Crippen MR) is 79.3 cm³/mol. The zero-order chi connectivity index (χ0) is 14.7. The van der Waals surface area contributed by atoms with E-state index >= 15 is 0 Å². The fourth-order valence-corrected chi connectivity index (χ4v) is 2.31. The quantitative estimate of drug-likeness (QED) is 0.919. The maximum atomic E-state index is 10.5. The highest BCUT2D eigenvalue weighted by Gasteiger charge is 2.21. The molecule has 0 aliphatic rings. The number of hydrogen-bond acceptors (Lipinski definition) is 3. The van der Waals surface area contributed by atoms with Gasteiger partial charge in [0.2, 0.25) is 0 Å². The smallest absolute Gasteiger partial charge is 0.162 e. The molecule has 5 heteroatoms. The Morgan fingerprint density at radius 2 is 1.95 bits per heavy atom. The summed E-state index contributed by atoms with van der Waals surface area (Å²) in [5.41, 5.74) is 1.72. The van der Waals surface area contributed by atoms with E-state index in [1.54, 1.807) is 18.0 Å². The first-order chi connectivity index (χ1) is 9.52. The monoisotopic (exact) mass is 294 g/mol. The number of hydrogen-bond donors (Lipinski definition) is 1. The Hall–Kier alpha value is -1.52. The van der Waals surface area contributed by atoms with Gasteiger partial charge >= 0.3 is 0 Å². The number of aliphatic hydroxyl groups excluding tert-OH is 1. The highest BCUT2D eigenvalue weighted by atomic mass is 35.5. The molecule has 0 bridgehead atoms. The number of halogens is 1. The Bertz CT molecular complexity index is 564. The van der Waals surface area contributed by atoms with E-state index in [0.717, 1.165) is 5.56 Å². The summed E-state index contributed by atoms with van der Waals surface area (Å²) in [7, 11) is 1.58. The van der Waals surface area contributed by atoms with Gasteiger partial charge in [0.05, 0.1) is 13.3 Å². The van der Waals surface area contributed by atoms with Crippen LogP contribution in [0.2, 0.25) is 5.02 Å². The summed E-state index contributed by atoms with van der Waals surface area (Å²) in [5.74, 6) is 0.611. The van der Waals surface area contributed by atoms with Crippen LogP contribution in [0.25, 0.3) is 0 Å². The van der Waals surface area contributed by atoms with E-state index in [9.17, 15) is 5.11 Å². The second kappa shape index (κ2) is 6.29. The third-order valence-electron chi connectivity index (χ3n) is 3.17. The van der Waals surface area contributed by atoms with Crippen molar-refractivity contribution in [2.24, 2.45) is 0 Å². The largest absolute Gasteiger partial charge is 0.493 e. The van der Waals surface area contributed by atoms with Crippen molar-refractivity contribution in [3.63, 3.8) is 0 Å². The molecule has 0 saturated carbocycles. The zero-order valence-corrected chi connectivity index (χ0v) is 12.6. The van der Waals surface area contributed by atoms with Crippen LogP contribution in [0.1, 0.15) is 37.3 Å². The number of benzene rings is 1. The van der Waals surface area contributed by atoms with E-state index < -0.39 is 6.10 Å². The highest BCUT2D eigenvalue weighted by Crippen LogP contribution is 2.29. The van der Waals surface area contributed by atoms with Crippen molar-refractivity contribution in [1.29, 1.82) is 0 Å². The molecule has 108 valence electrons. The molecule has 20 heavy (non-hydrogen) atoms. The summed E-state index contributed by atoms with van der Waals surface area (Å²) in [6.07, 6.45) is 1.46. The lowest BCUT2D eigenvalue weighted by Gasteiger charge is -2.17. The van der Waals surface area contributed by atoms with Crippen LogP contribution in [0.3, 0.4) is 0 Å². The maximum Gasteiger partial charge on any atom is 0.162 e. The summed E-state index contributed by atoms with van der Waals surface area (Å²) in [4.78, 5) is 0. The number of methoxy groups -OCH3 is 1. The minimum absolute atomic E-state index is 0.161. The van der Waals surface area contributed by atoms with Crippen LogP contribution in [-0.4, -0.2) is 22.0 Å². The van der Waals surface area contributed by atoms with Crippen LogP contribution in [0, 0.1) is 0 Å². The van der Waals surface area contributed by atoms with Crippen molar-refractivity contribution in [3.05, 3.63) is 46.7 Å². The Morgan fingerprint density at radius 3 is 2.50 bits per heavy atom. The van der Waals surface area contributed by atoms with E-state index in [1.165, 1.54) is 0 Å². The molecule has 0 radical (unpaired) electrons. The van der Waals surface area contributed by atoms with E-state index in [1.807, 2.05) is 38.1 Å². The van der Waals surface area contributed by atoms with Gasteiger partial charge in [0.15, 0.2) is 5.75 Å². The average molecular weight is 295 g/mol. The SMILES string of the molecule is COc1cnn(C(C)C)c1C(O)Cc1ccc(Cl)cc1. The summed E-state index contributed by atoms with van der Waals surface area (Å²) < 4.78 is 7.08. The van der Waals surface area contributed by atoms with Gasteiger partial charge in [-0.1, -0.05) is 23.7 Å². The Balaban J connectivity index is 2.26. The molecule has 0 amide bonds. The highest BCUT2D eigenvalue weighted by molar-refractivity contribution is 6.30. The number of rotatable bonds is 5. The fraction of sp³-hybridized carbons (Fsp3) is 0.400. The standard InChI is InChI=1S/C15H19ClN2O2/c1-10(2)18-15(14(20-3)9-17-18)13(19)8-11-4-6-12(16)7-5-11/h4-7,9-10,13,19H,8H2,1-3H3. The van der Waals surface area contributed by atoms with E-state index in [0.29, 0.717) is 22.9 Å². The van der Waals surface area contributed by atoms with Crippen molar-refractivity contribution in [3.8, 4) is 5.75 Å². The van der Waals surface area contributed by atoms with Crippen molar-refractivity contribution in [2.45, 2.75) is 32.4 Å². The minimum atomic E-state index is -0.670. The summed E-state index contributed by atoms with van der Waals surface area (Å²) in [5, 5.41) is 15.5. The van der Waals surface area contributed by atoms with E-state index in [-0.39, 0.29) is 6.04 Å². The van der Waals surface area contributed by atoms with Crippen LogP contribution in [0.15, 0.2) is 30.5 Å². The van der Waals surface area contributed by atoms with Gasteiger partial charge in [0, 0.05) is 17.5 Å². The van der Waals surface area contributed by atoms with Gasteiger partial charge in [-0.2, -0.15) is 5.10 Å². The lowest BCUT2D eigenvalue weighted by molar-refractivity contribution is 0.160. The molecule has 1 aromatic heterocycles. The second-order valence-corrected chi connectivity index (χ2v) is 5.42. The third-order valence-corrected chi connectivity index (χ3v) is 3.42. The second-order valence-electron chi connectivity index (χ2n) is 4.98. The predicted octanol–water partition coefficient (Wildman–Crippen LogP) is 3.40. The Kier molecular flexibility index (Phi) is 4.68. The molecule has 0 saturated heterocycles. The molecule has 0 fully saturated rings. The van der Waals surface area contributed by atoms with Crippen LogP contribution in [0.4, 0.5) is 0 Å². The molecule has 2 aromatic rings. The number of ether oxygens (including phenoxy) is 1. The van der Waals surface area contributed by atoms with Gasteiger partial charge in [-0.15, -0.1) is 0 Å². The van der Waals surface area contributed by atoms with Gasteiger partial charge < -0.3 is 9.84 Å². The molecule has 0 aliphatic heterocycles. The Labute approximate surface area is 123 Å². The molecular formula is C15H19ClN2O2.